The van der Waals surface area contributed by atoms with Gasteiger partial charge < -0.3 is 10.4 Å². The molecular weight excluding hydrogens is 234 g/mol. The lowest BCUT2D eigenvalue weighted by atomic mass is 10.1. The van der Waals surface area contributed by atoms with Crippen LogP contribution in [0.15, 0.2) is 0 Å². The smallest absolute Gasteiger partial charge is 0.308 e. The lowest BCUT2D eigenvalue weighted by molar-refractivity contribution is -0.141. The normalized spacial score (nSPS) is 13.1. The summed E-state index contributed by atoms with van der Waals surface area (Å²) in [7, 11) is -3.16. The molecule has 0 spiro atoms. The van der Waals surface area contributed by atoms with Crippen LogP contribution in [-0.4, -0.2) is 44.0 Å². The summed E-state index contributed by atoms with van der Waals surface area (Å²) in [6.07, 6.45) is 1.34. The minimum atomic E-state index is -3.16. The first-order valence-electron chi connectivity index (χ1n) is 4.93. The minimum Gasteiger partial charge on any atom is -0.481 e. The largest absolute Gasteiger partial charge is 0.481 e. The molecule has 0 aliphatic rings. The topological polar surface area (TPSA) is 101 Å². The third kappa shape index (κ3) is 7.22. The van der Waals surface area contributed by atoms with Crippen LogP contribution in [0.4, 0.5) is 0 Å². The molecule has 7 heteroatoms. The molecule has 0 rings (SSSR count). The van der Waals surface area contributed by atoms with Crippen LogP contribution in [-0.2, 0) is 19.4 Å². The summed E-state index contributed by atoms with van der Waals surface area (Å²) in [5.41, 5.74) is 0. The molecule has 0 aromatic carbocycles. The number of hydrogen-bond donors (Lipinski definition) is 2. The van der Waals surface area contributed by atoms with Crippen LogP contribution >= 0.6 is 0 Å². The first-order chi connectivity index (χ1) is 7.26. The average molecular weight is 251 g/mol. The summed E-state index contributed by atoms with van der Waals surface area (Å²) >= 11 is 0. The molecule has 0 aliphatic carbocycles. The van der Waals surface area contributed by atoms with Gasteiger partial charge in [-0.3, -0.25) is 9.59 Å². The fourth-order valence-electron chi connectivity index (χ4n) is 1.01. The second-order valence-electron chi connectivity index (χ2n) is 3.63. The minimum absolute atomic E-state index is 0.0361. The predicted molar refractivity (Wildman–Crippen MR) is 58.8 cm³/mol. The second kappa shape index (κ2) is 6.47. The molecule has 0 aromatic rings. The van der Waals surface area contributed by atoms with Crippen molar-refractivity contribution in [1.82, 2.24) is 5.32 Å². The van der Waals surface area contributed by atoms with Crippen molar-refractivity contribution in [3.63, 3.8) is 0 Å². The number of sulfone groups is 1. The SMILES string of the molecule is CCC(CNC(=O)CCS(C)(=O)=O)C(=O)O. The van der Waals surface area contributed by atoms with Gasteiger partial charge in [0.15, 0.2) is 0 Å². The first kappa shape index (κ1) is 14.9. The van der Waals surface area contributed by atoms with E-state index in [4.69, 9.17) is 5.11 Å². The number of aliphatic carboxylic acids is 1. The van der Waals surface area contributed by atoms with Gasteiger partial charge in [-0.15, -0.1) is 0 Å². The molecule has 0 heterocycles. The van der Waals surface area contributed by atoms with Gasteiger partial charge in [0.25, 0.3) is 0 Å². The molecule has 2 N–H and O–H groups in total. The zero-order valence-corrected chi connectivity index (χ0v) is 10.2. The highest BCUT2D eigenvalue weighted by molar-refractivity contribution is 7.90. The number of hydrogen-bond acceptors (Lipinski definition) is 4. The van der Waals surface area contributed by atoms with Gasteiger partial charge in [0.2, 0.25) is 5.91 Å². The van der Waals surface area contributed by atoms with Gasteiger partial charge >= 0.3 is 5.97 Å². The summed E-state index contributed by atoms with van der Waals surface area (Å²) in [5, 5.41) is 11.1. The molecule has 1 atom stereocenters. The maximum Gasteiger partial charge on any atom is 0.308 e. The van der Waals surface area contributed by atoms with Crippen LogP contribution in [0.25, 0.3) is 0 Å². The highest BCUT2D eigenvalue weighted by Gasteiger charge is 2.16. The maximum atomic E-state index is 11.2. The molecule has 0 aliphatic heterocycles. The van der Waals surface area contributed by atoms with Gasteiger partial charge in [-0.2, -0.15) is 0 Å². The van der Waals surface area contributed by atoms with E-state index in [0.29, 0.717) is 6.42 Å². The fraction of sp³-hybridized carbons (Fsp3) is 0.778. The van der Waals surface area contributed by atoms with E-state index in [1.807, 2.05) is 0 Å². The molecule has 16 heavy (non-hydrogen) atoms. The number of carbonyl (C=O) groups excluding carboxylic acids is 1. The Balaban J connectivity index is 3.94. The van der Waals surface area contributed by atoms with Crippen LogP contribution in [0.5, 0.6) is 0 Å². The molecule has 0 bridgehead atoms. The second-order valence-corrected chi connectivity index (χ2v) is 5.89. The molecule has 0 radical (unpaired) electrons. The van der Waals surface area contributed by atoms with Crippen LogP contribution in [0.1, 0.15) is 19.8 Å². The maximum absolute atomic E-state index is 11.2. The van der Waals surface area contributed by atoms with Gasteiger partial charge in [-0.25, -0.2) is 8.42 Å². The van der Waals surface area contributed by atoms with Gasteiger partial charge in [0, 0.05) is 19.2 Å². The number of nitrogens with one attached hydrogen (secondary N) is 1. The molecule has 0 fully saturated rings. The highest BCUT2D eigenvalue weighted by atomic mass is 32.2. The standard InChI is InChI=1S/C9H17NO5S/c1-3-7(9(12)13)6-10-8(11)4-5-16(2,14)15/h7H,3-6H2,1-2H3,(H,10,11)(H,12,13). The molecule has 1 unspecified atom stereocenters. The molecule has 94 valence electrons. The monoisotopic (exact) mass is 251 g/mol. The predicted octanol–water partition coefficient (Wildman–Crippen LogP) is -0.352. The molecule has 0 aromatic heterocycles. The Kier molecular flexibility index (Phi) is 6.02. The third-order valence-corrected chi connectivity index (χ3v) is 3.03. The van der Waals surface area contributed by atoms with Crippen molar-refractivity contribution >= 4 is 21.7 Å². The van der Waals surface area contributed by atoms with Gasteiger partial charge in [0.05, 0.1) is 11.7 Å². The van der Waals surface area contributed by atoms with E-state index in [1.54, 1.807) is 6.92 Å². The summed E-state index contributed by atoms with van der Waals surface area (Å²) < 4.78 is 21.5. The summed E-state index contributed by atoms with van der Waals surface area (Å²) in [5.74, 6) is -2.25. The van der Waals surface area contributed by atoms with Crippen LogP contribution < -0.4 is 5.32 Å². The lowest BCUT2D eigenvalue weighted by Gasteiger charge is -2.10. The Hall–Kier alpha value is -1.11. The number of carboxylic acid groups (broad SMARTS) is 1. The zero-order valence-electron chi connectivity index (χ0n) is 9.39. The van der Waals surface area contributed by atoms with E-state index in [0.717, 1.165) is 6.26 Å². The summed E-state index contributed by atoms with van der Waals surface area (Å²) in [6.45, 7) is 1.75. The van der Waals surface area contributed by atoms with Crippen molar-refractivity contribution in [2.45, 2.75) is 19.8 Å². The van der Waals surface area contributed by atoms with E-state index in [9.17, 15) is 18.0 Å². The number of rotatable bonds is 7. The van der Waals surface area contributed by atoms with Crippen molar-refractivity contribution in [2.75, 3.05) is 18.6 Å². The van der Waals surface area contributed by atoms with Crippen LogP contribution in [0.2, 0.25) is 0 Å². The summed E-state index contributed by atoms with van der Waals surface area (Å²) in [4.78, 5) is 21.8. The summed E-state index contributed by atoms with van der Waals surface area (Å²) in [6, 6.07) is 0. The molecule has 6 nitrogen and oxygen atoms in total. The van der Waals surface area contributed by atoms with Crippen molar-refractivity contribution in [1.29, 1.82) is 0 Å². The third-order valence-electron chi connectivity index (χ3n) is 2.09. The molecule has 1 amide bonds. The van der Waals surface area contributed by atoms with E-state index >= 15 is 0 Å². The van der Waals surface area contributed by atoms with Crippen LogP contribution in [0.3, 0.4) is 0 Å². The van der Waals surface area contributed by atoms with Crippen molar-refractivity contribution in [2.24, 2.45) is 5.92 Å². The number of carboxylic acids is 1. The van der Waals surface area contributed by atoms with E-state index in [2.05, 4.69) is 5.32 Å². The van der Waals surface area contributed by atoms with Crippen molar-refractivity contribution < 1.29 is 23.1 Å². The van der Waals surface area contributed by atoms with Gasteiger partial charge in [0.1, 0.15) is 9.84 Å². The van der Waals surface area contributed by atoms with Gasteiger partial charge in [-0.1, -0.05) is 6.92 Å². The Morgan fingerprint density at radius 1 is 1.38 bits per heavy atom. The first-order valence-corrected chi connectivity index (χ1v) is 6.99. The van der Waals surface area contributed by atoms with Crippen molar-refractivity contribution in [3.8, 4) is 0 Å². The van der Waals surface area contributed by atoms with E-state index < -0.39 is 27.6 Å². The Labute approximate surface area is 95.0 Å². The van der Waals surface area contributed by atoms with E-state index in [-0.39, 0.29) is 18.7 Å². The Morgan fingerprint density at radius 3 is 2.31 bits per heavy atom. The molecule has 0 saturated carbocycles. The average Bonchev–Trinajstić information content (AvgIpc) is 2.14. The fourth-order valence-corrected chi connectivity index (χ4v) is 1.57. The highest BCUT2D eigenvalue weighted by Crippen LogP contribution is 2.00. The number of amides is 1. The number of carbonyl (C=O) groups is 2. The Morgan fingerprint density at radius 2 is 1.94 bits per heavy atom. The van der Waals surface area contributed by atoms with E-state index in [1.165, 1.54) is 0 Å². The van der Waals surface area contributed by atoms with Crippen LogP contribution in [0, 0.1) is 5.92 Å². The Bertz CT molecular complexity index is 349. The zero-order chi connectivity index (χ0) is 12.8. The quantitative estimate of drug-likeness (QED) is 0.644. The molecule has 0 saturated heterocycles. The lowest BCUT2D eigenvalue weighted by Crippen LogP contribution is -2.33. The van der Waals surface area contributed by atoms with Crippen molar-refractivity contribution in [3.05, 3.63) is 0 Å². The van der Waals surface area contributed by atoms with Gasteiger partial charge in [-0.05, 0) is 6.42 Å². The molecular formula is C9H17NO5S.